The predicted molar refractivity (Wildman–Crippen MR) is 89.0 cm³/mol. The molecule has 2 aromatic carbocycles. The van der Waals surface area contributed by atoms with Crippen molar-refractivity contribution in [3.8, 4) is 5.75 Å². The Morgan fingerprint density at radius 3 is 2.43 bits per heavy atom. The fraction of sp³-hybridized carbons (Fsp3) is 0.316. The highest BCUT2D eigenvalue weighted by Gasteiger charge is 2.13. The van der Waals surface area contributed by atoms with Crippen molar-refractivity contribution in [3.63, 3.8) is 0 Å². The lowest BCUT2D eigenvalue weighted by atomic mass is 10.1. The zero-order valence-electron chi connectivity index (χ0n) is 13.5. The van der Waals surface area contributed by atoms with Crippen molar-refractivity contribution < 1.29 is 13.9 Å². The van der Waals surface area contributed by atoms with E-state index in [1.165, 1.54) is 35.4 Å². The zero-order valence-corrected chi connectivity index (χ0v) is 13.5. The van der Waals surface area contributed by atoms with E-state index in [0.717, 1.165) is 12.8 Å². The van der Waals surface area contributed by atoms with Gasteiger partial charge in [0.25, 0.3) is 5.91 Å². The number of carbonyl (C=O) groups is 1. The molecule has 0 saturated heterocycles. The van der Waals surface area contributed by atoms with Gasteiger partial charge in [-0.1, -0.05) is 29.8 Å². The second kappa shape index (κ2) is 8.32. The Kier molecular flexibility index (Phi) is 6.15. The van der Waals surface area contributed by atoms with Gasteiger partial charge in [-0.15, -0.1) is 0 Å². The molecule has 0 radical (unpaired) electrons. The fourth-order valence-corrected chi connectivity index (χ4v) is 2.17. The first-order valence-electron chi connectivity index (χ1n) is 7.80. The van der Waals surface area contributed by atoms with Crippen LogP contribution >= 0.6 is 0 Å². The van der Waals surface area contributed by atoms with E-state index in [2.05, 4.69) is 36.5 Å². The highest BCUT2D eigenvalue weighted by Crippen LogP contribution is 2.13. The first-order valence-corrected chi connectivity index (χ1v) is 7.80. The molecule has 122 valence electrons. The smallest absolute Gasteiger partial charge is 0.260 e. The maximum Gasteiger partial charge on any atom is 0.260 e. The summed E-state index contributed by atoms with van der Waals surface area (Å²) in [5.74, 6) is -0.0162. The first kappa shape index (κ1) is 17.0. The van der Waals surface area contributed by atoms with Crippen LogP contribution in [0.15, 0.2) is 48.5 Å². The highest BCUT2D eigenvalue weighted by atomic mass is 19.1. The first-order chi connectivity index (χ1) is 11.0. The average Bonchev–Trinajstić information content (AvgIpc) is 2.55. The third kappa shape index (κ3) is 5.74. The van der Waals surface area contributed by atoms with Crippen LogP contribution in [0.1, 0.15) is 24.5 Å². The van der Waals surface area contributed by atoms with Crippen molar-refractivity contribution in [2.75, 3.05) is 6.54 Å². The van der Waals surface area contributed by atoms with E-state index in [4.69, 9.17) is 4.74 Å². The molecular formula is C19H22FNO2. The van der Waals surface area contributed by atoms with Gasteiger partial charge in [-0.3, -0.25) is 4.79 Å². The Morgan fingerprint density at radius 2 is 1.78 bits per heavy atom. The molecule has 0 saturated carbocycles. The van der Waals surface area contributed by atoms with E-state index in [1.54, 1.807) is 6.92 Å². The zero-order chi connectivity index (χ0) is 16.7. The van der Waals surface area contributed by atoms with Gasteiger partial charge >= 0.3 is 0 Å². The lowest BCUT2D eigenvalue weighted by molar-refractivity contribution is -0.127. The molecular weight excluding hydrogens is 293 g/mol. The van der Waals surface area contributed by atoms with E-state index in [-0.39, 0.29) is 11.7 Å². The Labute approximate surface area is 136 Å². The van der Waals surface area contributed by atoms with Crippen LogP contribution in [-0.2, 0) is 11.2 Å². The summed E-state index contributed by atoms with van der Waals surface area (Å²) in [5.41, 5.74) is 2.51. The number of hydrogen-bond acceptors (Lipinski definition) is 2. The van der Waals surface area contributed by atoms with Crippen LogP contribution in [-0.4, -0.2) is 18.6 Å². The van der Waals surface area contributed by atoms with Crippen LogP contribution in [0.4, 0.5) is 4.39 Å². The second-order valence-corrected chi connectivity index (χ2v) is 5.59. The van der Waals surface area contributed by atoms with Gasteiger partial charge in [-0.25, -0.2) is 4.39 Å². The largest absolute Gasteiger partial charge is 0.481 e. The number of carbonyl (C=O) groups excluding carboxylic acids is 1. The van der Waals surface area contributed by atoms with Crippen LogP contribution in [0, 0.1) is 12.7 Å². The lowest BCUT2D eigenvalue weighted by Gasteiger charge is -2.14. The van der Waals surface area contributed by atoms with Gasteiger partial charge in [-0.05, 0) is 56.5 Å². The maximum atomic E-state index is 12.8. The van der Waals surface area contributed by atoms with E-state index < -0.39 is 6.10 Å². The van der Waals surface area contributed by atoms with Gasteiger partial charge in [-0.2, -0.15) is 0 Å². The number of aryl methyl sites for hydroxylation is 2. The van der Waals surface area contributed by atoms with Crippen LogP contribution < -0.4 is 10.1 Å². The van der Waals surface area contributed by atoms with E-state index in [9.17, 15) is 9.18 Å². The molecule has 4 heteroatoms. The van der Waals surface area contributed by atoms with Crippen molar-refractivity contribution in [3.05, 3.63) is 65.5 Å². The molecule has 0 spiro atoms. The quantitative estimate of drug-likeness (QED) is 0.792. The van der Waals surface area contributed by atoms with Gasteiger partial charge in [0.2, 0.25) is 0 Å². The third-order valence-corrected chi connectivity index (χ3v) is 3.56. The predicted octanol–water partition coefficient (Wildman–Crippen LogP) is 3.65. The standard InChI is InChI=1S/C19H22FNO2/c1-14-5-7-16(8-6-14)4-3-13-21-19(22)15(2)23-18-11-9-17(20)10-12-18/h5-12,15H,3-4,13H2,1-2H3,(H,21,22)/t15-/m1/s1. The summed E-state index contributed by atoms with van der Waals surface area (Å²) in [6.07, 6.45) is 1.19. The van der Waals surface area contributed by atoms with Gasteiger partial charge in [0, 0.05) is 6.54 Å². The van der Waals surface area contributed by atoms with Crippen LogP contribution in [0.5, 0.6) is 5.75 Å². The molecule has 0 aromatic heterocycles. The Balaban J connectivity index is 1.69. The molecule has 1 amide bonds. The molecule has 0 aliphatic carbocycles. The summed E-state index contributed by atoms with van der Waals surface area (Å²) in [4.78, 5) is 12.0. The van der Waals surface area contributed by atoms with Gasteiger partial charge in [0.05, 0.1) is 0 Å². The van der Waals surface area contributed by atoms with Gasteiger partial charge < -0.3 is 10.1 Å². The maximum absolute atomic E-state index is 12.8. The summed E-state index contributed by atoms with van der Waals surface area (Å²) in [5, 5.41) is 2.86. The molecule has 3 nitrogen and oxygen atoms in total. The molecule has 23 heavy (non-hydrogen) atoms. The highest BCUT2D eigenvalue weighted by molar-refractivity contribution is 5.80. The Hall–Kier alpha value is -2.36. The van der Waals surface area contributed by atoms with E-state index in [1.807, 2.05) is 0 Å². The molecule has 0 heterocycles. The molecule has 0 aliphatic rings. The molecule has 0 aliphatic heterocycles. The SMILES string of the molecule is Cc1ccc(CCCNC(=O)[C@@H](C)Oc2ccc(F)cc2)cc1. The third-order valence-electron chi connectivity index (χ3n) is 3.56. The van der Waals surface area contributed by atoms with Crippen LogP contribution in [0.25, 0.3) is 0 Å². The fourth-order valence-electron chi connectivity index (χ4n) is 2.17. The number of hydrogen-bond donors (Lipinski definition) is 1. The minimum absolute atomic E-state index is 0.168. The van der Waals surface area contributed by atoms with Crippen molar-refractivity contribution in [1.29, 1.82) is 0 Å². The number of nitrogens with one attached hydrogen (secondary N) is 1. The molecule has 0 unspecified atom stereocenters. The summed E-state index contributed by atoms with van der Waals surface area (Å²) in [7, 11) is 0. The summed E-state index contributed by atoms with van der Waals surface area (Å²) in [6.45, 7) is 4.34. The molecule has 2 aromatic rings. The van der Waals surface area contributed by atoms with Gasteiger partial charge in [0.1, 0.15) is 11.6 Å². The molecule has 0 fully saturated rings. The number of rotatable bonds is 7. The van der Waals surface area contributed by atoms with Gasteiger partial charge in [0.15, 0.2) is 6.10 Å². The molecule has 0 bridgehead atoms. The number of amides is 1. The number of benzene rings is 2. The van der Waals surface area contributed by atoms with Crippen molar-refractivity contribution in [1.82, 2.24) is 5.32 Å². The number of halogens is 1. The number of ether oxygens (including phenoxy) is 1. The van der Waals surface area contributed by atoms with E-state index >= 15 is 0 Å². The molecule has 1 atom stereocenters. The minimum Gasteiger partial charge on any atom is -0.481 e. The van der Waals surface area contributed by atoms with Crippen molar-refractivity contribution >= 4 is 5.91 Å². The Bertz CT molecular complexity index is 623. The molecule has 1 N–H and O–H groups in total. The molecule has 2 rings (SSSR count). The minimum atomic E-state index is -0.611. The van der Waals surface area contributed by atoms with Crippen molar-refractivity contribution in [2.24, 2.45) is 0 Å². The summed E-state index contributed by atoms with van der Waals surface area (Å²) < 4.78 is 18.3. The van der Waals surface area contributed by atoms with E-state index in [0.29, 0.717) is 12.3 Å². The monoisotopic (exact) mass is 315 g/mol. The average molecular weight is 315 g/mol. The summed E-state index contributed by atoms with van der Waals surface area (Å²) >= 11 is 0. The second-order valence-electron chi connectivity index (χ2n) is 5.59. The van der Waals surface area contributed by atoms with Crippen LogP contribution in [0.3, 0.4) is 0 Å². The lowest BCUT2D eigenvalue weighted by Crippen LogP contribution is -2.36. The topological polar surface area (TPSA) is 38.3 Å². The normalized spacial score (nSPS) is 11.8. The Morgan fingerprint density at radius 1 is 1.13 bits per heavy atom. The van der Waals surface area contributed by atoms with Crippen LogP contribution in [0.2, 0.25) is 0 Å². The summed E-state index contributed by atoms with van der Waals surface area (Å²) in [6, 6.07) is 14.0. The van der Waals surface area contributed by atoms with Crippen molar-refractivity contribution in [2.45, 2.75) is 32.8 Å².